The van der Waals surface area contributed by atoms with Crippen molar-refractivity contribution in [1.29, 1.82) is 0 Å². The zero-order valence-corrected chi connectivity index (χ0v) is 12.8. The quantitative estimate of drug-likeness (QED) is 0.648. The number of ether oxygens (including phenoxy) is 1. The van der Waals surface area contributed by atoms with Crippen molar-refractivity contribution in [3.63, 3.8) is 0 Å². The van der Waals surface area contributed by atoms with Crippen molar-refractivity contribution in [2.75, 3.05) is 0 Å². The molecule has 1 amide bonds. The number of hydrogen-bond donors (Lipinski definition) is 2. The molecule has 1 heterocycles. The number of carbonyl (C=O) groups excluding carboxylic acids is 2. The summed E-state index contributed by atoms with van der Waals surface area (Å²) in [4.78, 5) is 34.1. The number of aliphatic carboxylic acids is 1. The summed E-state index contributed by atoms with van der Waals surface area (Å²) in [7, 11) is 0. The van der Waals surface area contributed by atoms with Crippen LogP contribution in [0.2, 0.25) is 0 Å². The molecule has 6 heteroatoms. The zero-order valence-electron chi connectivity index (χ0n) is 12.8. The van der Waals surface area contributed by atoms with E-state index in [1.165, 1.54) is 0 Å². The van der Waals surface area contributed by atoms with Crippen LogP contribution in [0.4, 0.5) is 0 Å². The maximum Gasteiger partial charge on any atom is 0.333 e. The van der Waals surface area contributed by atoms with Gasteiger partial charge >= 0.3 is 5.97 Å². The minimum atomic E-state index is -1.54. The molecule has 0 saturated carbocycles. The third-order valence-corrected chi connectivity index (χ3v) is 3.64. The minimum Gasteiger partial charge on any atom is -0.488 e. The van der Waals surface area contributed by atoms with Crippen molar-refractivity contribution in [3.8, 4) is 5.75 Å². The van der Waals surface area contributed by atoms with E-state index < -0.39 is 29.4 Å². The molecule has 0 radical (unpaired) electrons. The highest BCUT2D eigenvalue weighted by Crippen LogP contribution is 2.41. The van der Waals surface area contributed by atoms with Crippen LogP contribution in [0, 0.1) is 6.92 Å². The van der Waals surface area contributed by atoms with Gasteiger partial charge in [-0.2, -0.15) is 0 Å². The fourth-order valence-corrected chi connectivity index (χ4v) is 2.62. The highest BCUT2D eigenvalue weighted by atomic mass is 16.5. The van der Waals surface area contributed by atoms with Crippen LogP contribution in [0.3, 0.4) is 0 Å². The van der Waals surface area contributed by atoms with E-state index in [0.717, 1.165) is 5.56 Å². The standard InChI is InChI=1S/C16H19NO5/c1-9-4-5-13-10(6-9)11(7-16(2,3)22-13)14(19)17-12(8-18)15(20)21/h4-6,8,11-12H,7H2,1-3H3,(H,17,19)(H,20,21). The molecule has 1 aromatic carbocycles. The Bertz CT molecular complexity index is 623. The number of aldehydes is 1. The lowest BCUT2D eigenvalue weighted by molar-refractivity contribution is -0.143. The van der Waals surface area contributed by atoms with Gasteiger partial charge in [0.15, 0.2) is 12.3 Å². The number of aryl methyl sites for hydroxylation is 1. The van der Waals surface area contributed by atoms with Crippen LogP contribution < -0.4 is 10.1 Å². The maximum absolute atomic E-state index is 12.4. The van der Waals surface area contributed by atoms with Crippen molar-refractivity contribution >= 4 is 18.2 Å². The molecule has 0 bridgehead atoms. The fraction of sp³-hybridized carbons (Fsp3) is 0.438. The van der Waals surface area contributed by atoms with Gasteiger partial charge in [0.05, 0.1) is 5.92 Å². The molecule has 1 aromatic rings. The number of carboxylic acids is 1. The molecule has 2 N–H and O–H groups in total. The van der Waals surface area contributed by atoms with E-state index >= 15 is 0 Å². The molecule has 0 aliphatic carbocycles. The van der Waals surface area contributed by atoms with Gasteiger partial charge in [-0.05, 0) is 26.8 Å². The molecule has 6 nitrogen and oxygen atoms in total. The average molecular weight is 305 g/mol. The summed E-state index contributed by atoms with van der Waals surface area (Å²) in [5.41, 5.74) is 1.14. The summed E-state index contributed by atoms with van der Waals surface area (Å²) in [5, 5.41) is 11.2. The number of hydrogen-bond acceptors (Lipinski definition) is 4. The molecular formula is C16H19NO5. The normalized spacial score (nSPS) is 20.2. The minimum absolute atomic E-state index is 0.210. The largest absolute Gasteiger partial charge is 0.488 e. The lowest BCUT2D eigenvalue weighted by atomic mass is 9.83. The molecule has 2 atom stereocenters. The first kappa shape index (κ1) is 16.0. The summed E-state index contributed by atoms with van der Waals surface area (Å²) in [6, 6.07) is 4.01. The highest BCUT2D eigenvalue weighted by Gasteiger charge is 2.38. The van der Waals surface area contributed by atoms with Gasteiger partial charge in [-0.25, -0.2) is 4.79 Å². The number of amides is 1. The molecule has 2 unspecified atom stereocenters. The predicted molar refractivity (Wildman–Crippen MR) is 78.9 cm³/mol. The van der Waals surface area contributed by atoms with E-state index in [1.807, 2.05) is 32.9 Å². The smallest absolute Gasteiger partial charge is 0.333 e. The number of rotatable bonds is 4. The number of carbonyl (C=O) groups is 3. The van der Waals surface area contributed by atoms with Gasteiger partial charge in [0.25, 0.3) is 0 Å². The van der Waals surface area contributed by atoms with Crippen LogP contribution in [-0.4, -0.2) is 34.9 Å². The van der Waals surface area contributed by atoms with Gasteiger partial charge in [-0.3, -0.25) is 4.79 Å². The van der Waals surface area contributed by atoms with E-state index in [1.54, 1.807) is 6.07 Å². The Morgan fingerprint density at radius 1 is 1.45 bits per heavy atom. The SMILES string of the molecule is Cc1ccc2c(c1)C(C(=O)NC(C=O)C(=O)O)CC(C)(C)O2. The Morgan fingerprint density at radius 3 is 2.73 bits per heavy atom. The summed E-state index contributed by atoms with van der Waals surface area (Å²) < 4.78 is 5.87. The number of fused-ring (bicyclic) bond motifs is 1. The van der Waals surface area contributed by atoms with Gasteiger partial charge < -0.3 is 20.0 Å². The van der Waals surface area contributed by atoms with Crippen LogP contribution in [0.25, 0.3) is 0 Å². The van der Waals surface area contributed by atoms with E-state index in [2.05, 4.69) is 5.32 Å². The van der Waals surface area contributed by atoms with Crippen LogP contribution in [-0.2, 0) is 14.4 Å². The van der Waals surface area contributed by atoms with Crippen LogP contribution >= 0.6 is 0 Å². The highest BCUT2D eigenvalue weighted by molar-refractivity contribution is 5.97. The van der Waals surface area contributed by atoms with Crippen molar-refractivity contribution in [2.24, 2.45) is 0 Å². The summed E-state index contributed by atoms with van der Waals surface area (Å²) in [6.07, 6.45) is 0.613. The summed E-state index contributed by atoms with van der Waals surface area (Å²) in [6.45, 7) is 5.63. The Balaban J connectivity index is 2.33. The first-order valence-corrected chi connectivity index (χ1v) is 7.01. The van der Waals surface area contributed by atoms with Crippen molar-refractivity contribution in [2.45, 2.75) is 44.8 Å². The molecule has 0 spiro atoms. The number of benzene rings is 1. The predicted octanol–water partition coefficient (Wildman–Crippen LogP) is 1.41. The van der Waals surface area contributed by atoms with Crippen LogP contribution in [0.5, 0.6) is 5.75 Å². The Morgan fingerprint density at radius 2 is 2.14 bits per heavy atom. The van der Waals surface area contributed by atoms with E-state index in [-0.39, 0.29) is 6.29 Å². The topological polar surface area (TPSA) is 92.7 Å². The van der Waals surface area contributed by atoms with Crippen LogP contribution in [0.15, 0.2) is 18.2 Å². The third-order valence-electron chi connectivity index (χ3n) is 3.64. The monoisotopic (exact) mass is 305 g/mol. The molecule has 1 aliphatic heterocycles. The van der Waals surface area contributed by atoms with E-state index in [0.29, 0.717) is 17.7 Å². The first-order valence-electron chi connectivity index (χ1n) is 7.01. The van der Waals surface area contributed by atoms with Crippen LogP contribution in [0.1, 0.15) is 37.3 Å². The molecule has 2 rings (SSSR count). The second kappa shape index (κ2) is 5.79. The molecule has 22 heavy (non-hydrogen) atoms. The van der Waals surface area contributed by atoms with Gasteiger partial charge in [-0.15, -0.1) is 0 Å². The third kappa shape index (κ3) is 3.27. The van der Waals surface area contributed by atoms with Gasteiger partial charge in [0.2, 0.25) is 5.91 Å². The van der Waals surface area contributed by atoms with Crippen molar-refractivity contribution in [3.05, 3.63) is 29.3 Å². The summed E-state index contributed by atoms with van der Waals surface area (Å²) >= 11 is 0. The Hall–Kier alpha value is -2.37. The molecule has 0 fully saturated rings. The fourth-order valence-electron chi connectivity index (χ4n) is 2.62. The molecule has 118 valence electrons. The van der Waals surface area contributed by atoms with Gasteiger partial charge in [0, 0.05) is 12.0 Å². The van der Waals surface area contributed by atoms with Gasteiger partial charge in [0.1, 0.15) is 11.4 Å². The molecule has 1 aliphatic rings. The van der Waals surface area contributed by atoms with E-state index in [4.69, 9.17) is 9.84 Å². The first-order chi connectivity index (χ1) is 10.2. The average Bonchev–Trinajstić information content (AvgIpc) is 2.43. The lowest BCUT2D eigenvalue weighted by Gasteiger charge is -2.37. The second-order valence-corrected chi connectivity index (χ2v) is 6.12. The lowest BCUT2D eigenvalue weighted by Crippen LogP contribution is -2.47. The second-order valence-electron chi connectivity index (χ2n) is 6.12. The molecular weight excluding hydrogens is 286 g/mol. The summed E-state index contributed by atoms with van der Waals surface area (Å²) in [5.74, 6) is -1.80. The number of nitrogens with one attached hydrogen (secondary N) is 1. The Labute approximate surface area is 128 Å². The maximum atomic E-state index is 12.4. The van der Waals surface area contributed by atoms with Crippen molar-refractivity contribution < 1.29 is 24.2 Å². The van der Waals surface area contributed by atoms with E-state index in [9.17, 15) is 14.4 Å². The van der Waals surface area contributed by atoms with Gasteiger partial charge in [-0.1, -0.05) is 17.7 Å². The number of carboxylic acid groups (broad SMARTS) is 1. The zero-order chi connectivity index (χ0) is 16.5. The Kier molecular flexibility index (Phi) is 4.21. The molecule has 0 aromatic heterocycles. The molecule has 0 saturated heterocycles. The van der Waals surface area contributed by atoms with Crippen molar-refractivity contribution in [1.82, 2.24) is 5.32 Å².